The lowest BCUT2D eigenvalue weighted by molar-refractivity contribution is -0.758. The first-order valence-electron chi connectivity index (χ1n) is 8.04. The van der Waals surface area contributed by atoms with Gasteiger partial charge in [-0.3, -0.25) is 0 Å². The highest BCUT2D eigenvalue weighted by atomic mass is 35.5. The van der Waals surface area contributed by atoms with Gasteiger partial charge in [-0.25, -0.2) is 15.2 Å². The summed E-state index contributed by atoms with van der Waals surface area (Å²) in [6.07, 6.45) is -0.585. The fourth-order valence-corrected chi connectivity index (χ4v) is 2.17. The summed E-state index contributed by atoms with van der Waals surface area (Å²) in [5.41, 5.74) is 8.56. The number of nitrogens with two attached hydrogens (primary N) is 1. The number of hydrogen-bond donors (Lipinski definition) is 2. The summed E-state index contributed by atoms with van der Waals surface area (Å²) in [7, 11) is 0. The van der Waals surface area contributed by atoms with Crippen molar-refractivity contribution in [1.29, 1.82) is 0 Å². The van der Waals surface area contributed by atoms with E-state index in [1.807, 2.05) is 0 Å². The molecule has 0 aliphatic heterocycles. The fraction of sp³-hybridized carbons (Fsp3) is 0.400. The molecular weight excluding hydrogens is 433 g/mol. The Balaban J connectivity index is 2.28. The Morgan fingerprint density at radius 3 is 2.62 bits per heavy atom. The quantitative estimate of drug-likeness (QED) is 0.128. The largest absolute Gasteiger partial charge is 0.510 e. The van der Waals surface area contributed by atoms with Gasteiger partial charge >= 0.3 is 6.16 Å². The van der Waals surface area contributed by atoms with Gasteiger partial charge in [-0.15, -0.1) is 10.1 Å². The molecule has 29 heavy (non-hydrogen) atoms. The first-order chi connectivity index (χ1) is 13.8. The van der Waals surface area contributed by atoms with Crippen molar-refractivity contribution in [3.05, 3.63) is 43.9 Å². The maximum absolute atomic E-state index is 11.5. The number of hydrazone groups is 1. The molecule has 0 aromatic heterocycles. The van der Waals surface area contributed by atoms with Crippen molar-refractivity contribution in [2.24, 2.45) is 15.8 Å². The molecule has 1 aromatic rings. The summed E-state index contributed by atoms with van der Waals surface area (Å²) in [5.74, 6) is -0.126. The van der Waals surface area contributed by atoms with Gasteiger partial charge in [-0.1, -0.05) is 29.3 Å². The second-order valence-corrected chi connectivity index (χ2v) is 5.82. The van der Waals surface area contributed by atoms with Crippen molar-refractivity contribution in [3.63, 3.8) is 0 Å². The van der Waals surface area contributed by atoms with Crippen LogP contribution in [0.5, 0.6) is 0 Å². The fourth-order valence-electron chi connectivity index (χ4n) is 1.68. The van der Waals surface area contributed by atoms with Crippen molar-refractivity contribution < 1.29 is 28.9 Å². The normalized spacial score (nSPS) is 12.4. The van der Waals surface area contributed by atoms with Crippen molar-refractivity contribution in [2.75, 3.05) is 26.4 Å². The van der Waals surface area contributed by atoms with Crippen molar-refractivity contribution >= 4 is 41.5 Å². The molecule has 1 atom stereocenters. The second kappa shape index (κ2) is 13.4. The molecule has 0 saturated carbocycles. The molecule has 1 rings (SSSR count). The predicted octanol–water partition coefficient (Wildman–Crippen LogP) is 1.96. The average Bonchev–Trinajstić information content (AvgIpc) is 2.63. The van der Waals surface area contributed by atoms with Gasteiger partial charge in [-0.05, 0) is 19.1 Å². The third-order valence-electron chi connectivity index (χ3n) is 2.83. The number of halogens is 2. The number of carbonyl (C=O) groups excluding carboxylic acids is 1. The number of nitrogens with zero attached hydrogens (tertiary/aromatic N) is 3. The van der Waals surface area contributed by atoms with E-state index in [4.69, 9.17) is 43.1 Å². The van der Waals surface area contributed by atoms with Gasteiger partial charge < -0.3 is 24.8 Å². The van der Waals surface area contributed by atoms with E-state index in [0.29, 0.717) is 15.6 Å². The van der Waals surface area contributed by atoms with E-state index in [-0.39, 0.29) is 32.4 Å². The minimum atomic E-state index is -0.995. The molecule has 0 saturated heterocycles. The SMILES string of the molecule is CC(N=C(N)N/N=C/c1c(Cl)cccc1Cl)OC(=O)OCCOCCO[N+](=O)[O-]. The molecule has 0 spiro atoms. The van der Waals surface area contributed by atoms with Gasteiger partial charge in [0, 0.05) is 5.56 Å². The third-order valence-corrected chi connectivity index (χ3v) is 3.49. The minimum absolute atomic E-state index is 0.0108. The first kappa shape index (κ1) is 24.2. The Morgan fingerprint density at radius 2 is 1.97 bits per heavy atom. The molecule has 0 radical (unpaired) electrons. The molecule has 0 fully saturated rings. The molecule has 0 aliphatic rings. The highest BCUT2D eigenvalue weighted by molar-refractivity contribution is 6.38. The molecule has 0 heterocycles. The molecule has 3 N–H and O–H groups in total. The number of benzene rings is 1. The van der Waals surface area contributed by atoms with Crippen molar-refractivity contribution in [3.8, 4) is 0 Å². The zero-order valence-corrected chi connectivity index (χ0v) is 16.8. The van der Waals surface area contributed by atoms with E-state index in [2.05, 4.69) is 20.4 Å². The second-order valence-electron chi connectivity index (χ2n) is 5.00. The van der Waals surface area contributed by atoms with E-state index in [9.17, 15) is 14.9 Å². The van der Waals surface area contributed by atoms with Crippen LogP contribution >= 0.6 is 23.2 Å². The Labute approximate surface area is 175 Å². The van der Waals surface area contributed by atoms with Crippen LogP contribution < -0.4 is 11.2 Å². The molecule has 14 heteroatoms. The summed E-state index contributed by atoms with van der Waals surface area (Å²) in [6.45, 7) is 1.10. The molecular formula is C15H19Cl2N5O7. The van der Waals surface area contributed by atoms with Gasteiger partial charge in [0.1, 0.15) is 13.2 Å². The highest BCUT2D eigenvalue weighted by Gasteiger charge is 2.10. The van der Waals surface area contributed by atoms with Crippen LogP contribution in [0.3, 0.4) is 0 Å². The van der Waals surface area contributed by atoms with Gasteiger partial charge in [-0.2, -0.15) is 5.10 Å². The van der Waals surface area contributed by atoms with E-state index in [1.54, 1.807) is 18.2 Å². The zero-order valence-electron chi connectivity index (χ0n) is 15.2. The van der Waals surface area contributed by atoms with Crippen LogP contribution in [0.15, 0.2) is 28.3 Å². The summed E-state index contributed by atoms with van der Waals surface area (Å²) < 4.78 is 14.5. The summed E-state index contributed by atoms with van der Waals surface area (Å²) in [6, 6.07) is 5.00. The van der Waals surface area contributed by atoms with Crippen LogP contribution in [-0.2, 0) is 19.0 Å². The smallest absolute Gasteiger partial charge is 0.432 e. The van der Waals surface area contributed by atoms with E-state index in [1.165, 1.54) is 13.1 Å². The van der Waals surface area contributed by atoms with Gasteiger partial charge in [0.2, 0.25) is 5.96 Å². The van der Waals surface area contributed by atoms with Crippen molar-refractivity contribution in [2.45, 2.75) is 13.2 Å². The van der Waals surface area contributed by atoms with Crippen LogP contribution in [0.4, 0.5) is 4.79 Å². The van der Waals surface area contributed by atoms with E-state index >= 15 is 0 Å². The molecule has 0 amide bonds. The molecule has 0 aliphatic carbocycles. The lowest BCUT2D eigenvalue weighted by atomic mass is 10.2. The first-order valence-corrected chi connectivity index (χ1v) is 8.80. The summed E-state index contributed by atoms with van der Waals surface area (Å²) in [4.78, 5) is 29.3. The Morgan fingerprint density at radius 1 is 1.31 bits per heavy atom. The monoisotopic (exact) mass is 451 g/mol. The standard InChI is InChI=1S/C15H19Cl2N5O7/c1-10(29-15(23)27-7-5-26-6-8-28-22(24)25)20-14(18)21-19-9-11-12(16)3-2-4-13(11)17/h2-4,9-10H,5-8H2,1H3,(H3,18,20,21)/b19-9+. The van der Waals surface area contributed by atoms with Crippen LogP contribution in [-0.4, -0.2) is 56.1 Å². The lowest BCUT2D eigenvalue weighted by Gasteiger charge is -2.10. The number of aliphatic imine (C=N–C) groups is 1. The van der Waals surface area contributed by atoms with Gasteiger partial charge in [0.05, 0.1) is 29.5 Å². The Kier molecular flexibility index (Phi) is 11.2. The molecule has 0 bridgehead atoms. The molecule has 12 nitrogen and oxygen atoms in total. The van der Waals surface area contributed by atoms with Crippen LogP contribution in [0.1, 0.15) is 12.5 Å². The number of nitrogens with one attached hydrogen (secondary N) is 1. The molecule has 1 unspecified atom stereocenters. The third kappa shape index (κ3) is 10.9. The van der Waals surface area contributed by atoms with E-state index < -0.39 is 17.5 Å². The van der Waals surface area contributed by atoms with Crippen LogP contribution in [0.2, 0.25) is 10.0 Å². The van der Waals surface area contributed by atoms with Gasteiger partial charge in [0.25, 0.3) is 5.09 Å². The van der Waals surface area contributed by atoms with E-state index in [0.717, 1.165) is 0 Å². The van der Waals surface area contributed by atoms with Crippen molar-refractivity contribution in [1.82, 2.24) is 5.43 Å². The topological polar surface area (TPSA) is 160 Å². The number of ether oxygens (including phenoxy) is 3. The number of rotatable bonds is 11. The molecule has 1 aromatic carbocycles. The number of hydrogen-bond acceptors (Lipinski definition) is 9. The summed E-state index contributed by atoms with van der Waals surface area (Å²) >= 11 is 12.0. The Bertz CT molecular complexity index is 728. The number of carbonyl (C=O) groups is 1. The molecule has 160 valence electrons. The average molecular weight is 452 g/mol. The zero-order chi connectivity index (χ0) is 21.6. The van der Waals surface area contributed by atoms with Gasteiger partial charge in [0.15, 0.2) is 6.23 Å². The minimum Gasteiger partial charge on any atom is -0.432 e. The number of guanidine groups is 1. The summed E-state index contributed by atoms with van der Waals surface area (Å²) in [5, 5.41) is 13.6. The maximum atomic E-state index is 11.5. The van der Waals surface area contributed by atoms with Crippen LogP contribution in [0.25, 0.3) is 0 Å². The lowest BCUT2D eigenvalue weighted by Crippen LogP contribution is -2.30. The highest BCUT2D eigenvalue weighted by Crippen LogP contribution is 2.21. The predicted molar refractivity (Wildman–Crippen MR) is 104 cm³/mol. The van der Waals surface area contributed by atoms with Crippen LogP contribution in [0, 0.1) is 10.1 Å². The maximum Gasteiger partial charge on any atom is 0.510 e. The Hall–Kier alpha value is -2.83.